The molecule has 0 aliphatic carbocycles. The summed E-state index contributed by atoms with van der Waals surface area (Å²) in [5.41, 5.74) is 5.45. The highest BCUT2D eigenvalue weighted by Crippen LogP contribution is 2.38. The van der Waals surface area contributed by atoms with E-state index in [0.717, 1.165) is 61.8 Å². The molecule has 0 radical (unpaired) electrons. The topological polar surface area (TPSA) is 61.0 Å². The Balaban J connectivity index is 1.38. The van der Waals surface area contributed by atoms with E-state index in [1.54, 1.807) is 28.4 Å². The summed E-state index contributed by atoms with van der Waals surface area (Å²) >= 11 is 0. The van der Waals surface area contributed by atoms with Crippen LogP contribution in [0.2, 0.25) is 0 Å². The van der Waals surface area contributed by atoms with Crippen molar-refractivity contribution in [2.45, 2.75) is 50.6 Å². The molecule has 2 aliphatic heterocycles. The minimum Gasteiger partial charge on any atom is -0.493 e. The van der Waals surface area contributed by atoms with Gasteiger partial charge in [0.15, 0.2) is 23.0 Å². The van der Waals surface area contributed by atoms with Crippen molar-refractivity contribution in [2.24, 2.45) is 0 Å². The summed E-state index contributed by atoms with van der Waals surface area (Å²) in [6.07, 6.45) is 6.64. The van der Waals surface area contributed by atoms with Crippen LogP contribution in [0.25, 0.3) is 0 Å². The predicted molar refractivity (Wildman–Crippen MR) is 126 cm³/mol. The summed E-state index contributed by atoms with van der Waals surface area (Å²) in [7, 11) is 6.81. The first-order valence-electron chi connectivity index (χ1n) is 11.6. The van der Waals surface area contributed by atoms with Gasteiger partial charge in [0.1, 0.15) is 0 Å². The summed E-state index contributed by atoms with van der Waals surface area (Å²) < 4.78 is 22.1. The van der Waals surface area contributed by atoms with Gasteiger partial charge in [0, 0.05) is 12.1 Å². The number of ether oxygens (including phenoxy) is 4. The van der Waals surface area contributed by atoms with Gasteiger partial charge in [-0.2, -0.15) is 0 Å². The van der Waals surface area contributed by atoms with Crippen molar-refractivity contribution < 1.29 is 18.9 Å². The second-order valence-corrected chi connectivity index (χ2v) is 8.61. The number of methoxy groups -OCH3 is 4. The molecule has 0 spiro atoms. The van der Waals surface area contributed by atoms with Crippen LogP contribution in [0, 0.1) is 0 Å². The Labute approximate surface area is 191 Å². The zero-order valence-electron chi connectivity index (χ0n) is 19.8. The molecule has 2 aromatic carbocycles. The smallest absolute Gasteiger partial charge is 0.161 e. The third kappa shape index (κ3) is 4.66. The number of benzene rings is 2. The van der Waals surface area contributed by atoms with Crippen molar-refractivity contribution in [3.8, 4) is 23.0 Å². The van der Waals surface area contributed by atoms with Crippen LogP contribution < -0.4 is 29.6 Å². The Kier molecular flexibility index (Phi) is 7.43. The van der Waals surface area contributed by atoms with E-state index in [0.29, 0.717) is 12.1 Å². The molecule has 0 saturated heterocycles. The fourth-order valence-electron chi connectivity index (χ4n) is 5.15. The molecule has 2 aliphatic rings. The second-order valence-electron chi connectivity index (χ2n) is 8.61. The van der Waals surface area contributed by atoms with Gasteiger partial charge < -0.3 is 29.6 Å². The van der Waals surface area contributed by atoms with Crippen LogP contribution >= 0.6 is 0 Å². The molecule has 4 rings (SSSR count). The van der Waals surface area contributed by atoms with Crippen LogP contribution in [0.4, 0.5) is 0 Å². The maximum Gasteiger partial charge on any atom is 0.161 e. The summed E-state index contributed by atoms with van der Waals surface area (Å²) in [5, 5.41) is 7.41. The third-order valence-electron chi connectivity index (χ3n) is 6.85. The van der Waals surface area contributed by atoms with E-state index in [1.807, 2.05) is 0 Å². The summed E-state index contributed by atoms with van der Waals surface area (Å²) in [6, 6.07) is 9.34. The van der Waals surface area contributed by atoms with E-state index in [1.165, 1.54) is 35.1 Å². The van der Waals surface area contributed by atoms with Crippen LogP contribution in [0.15, 0.2) is 24.3 Å². The molecule has 2 atom stereocenters. The normalized spacial score (nSPS) is 19.6. The minimum atomic E-state index is 0.370. The molecule has 6 nitrogen and oxygen atoms in total. The van der Waals surface area contributed by atoms with Gasteiger partial charge in [-0.15, -0.1) is 0 Å². The summed E-state index contributed by atoms with van der Waals surface area (Å²) in [6.45, 7) is 2.01. The number of fused-ring (bicyclic) bond motifs is 2. The van der Waals surface area contributed by atoms with Crippen LogP contribution in [0.1, 0.15) is 60.0 Å². The highest BCUT2D eigenvalue weighted by Gasteiger charge is 2.24. The van der Waals surface area contributed by atoms with E-state index in [2.05, 4.69) is 34.9 Å². The minimum absolute atomic E-state index is 0.370. The lowest BCUT2D eigenvalue weighted by atomic mass is 9.88. The highest BCUT2D eigenvalue weighted by atomic mass is 16.5. The number of nitrogens with one attached hydrogen (secondary N) is 2. The van der Waals surface area contributed by atoms with Crippen molar-refractivity contribution in [2.75, 3.05) is 41.5 Å². The van der Waals surface area contributed by atoms with E-state index in [-0.39, 0.29) is 0 Å². The molecule has 0 amide bonds. The van der Waals surface area contributed by atoms with Crippen LogP contribution in [-0.4, -0.2) is 41.5 Å². The van der Waals surface area contributed by atoms with E-state index < -0.39 is 0 Å². The van der Waals surface area contributed by atoms with Gasteiger partial charge in [0.05, 0.1) is 28.4 Å². The SMILES string of the molecule is COc1cc2c(cc1OC)[C@@H](CCCC[C@H]1NCCc3cc(OC)c(OC)cc31)NCC2. The molecule has 2 heterocycles. The van der Waals surface area contributed by atoms with Crippen LogP contribution in [0.3, 0.4) is 0 Å². The Morgan fingerprint density at radius 2 is 1.00 bits per heavy atom. The molecule has 0 fully saturated rings. The quantitative estimate of drug-likeness (QED) is 0.565. The Morgan fingerprint density at radius 1 is 0.625 bits per heavy atom. The van der Waals surface area contributed by atoms with Gasteiger partial charge in [-0.3, -0.25) is 0 Å². The van der Waals surface area contributed by atoms with Gasteiger partial charge in [-0.1, -0.05) is 12.8 Å². The molecule has 0 aromatic heterocycles. The van der Waals surface area contributed by atoms with Crippen molar-refractivity contribution in [3.05, 3.63) is 46.5 Å². The van der Waals surface area contributed by atoms with Crippen molar-refractivity contribution in [1.82, 2.24) is 10.6 Å². The van der Waals surface area contributed by atoms with E-state index in [9.17, 15) is 0 Å². The van der Waals surface area contributed by atoms with Crippen molar-refractivity contribution in [1.29, 1.82) is 0 Å². The monoisotopic (exact) mass is 440 g/mol. The lowest BCUT2D eigenvalue weighted by Gasteiger charge is -2.30. The van der Waals surface area contributed by atoms with Gasteiger partial charge >= 0.3 is 0 Å². The number of hydrogen-bond acceptors (Lipinski definition) is 6. The van der Waals surface area contributed by atoms with E-state index >= 15 is 0 Å². The zero-order chi connectivity index (χ0) is 22.5. The average molecular weight is 441 g/mol. The van der Waals surface area contributed by atoms with Crippen molar-refractivity contribution >= 4 is 0 Å². The number of hydrogen-bond donors (Lipinski definition) is 2. The molecule has 2 aromatic rings. The number of rotatable bonds is 9. The maximum atomic E-state index is 5.54. The Bertz CT molecular complexity index is 855. The molecule has 6 heteroatoms. The molecular formula is C26H36N2O4. The Morgan fingerprint density at radius 3 is 1.38 bits per heavy atom. The van der Waals surface area contributed by atoms with Gasteiger partial charge in [-0.05, 0) is 85.3 Å². The number of unbranched alkanes of at least 4 members (excludes halogenated alkanes) is 1. The van der Waals surface area contributed by atoms with Crippen LogP contribution in [-0.2, 0) is 12.8 Å². The van der Waals surface area contributed by atoms with Crippen molar-refractivity contribution in [3.63, 3.8) is 0 Å². The highest BCUT2D eigenvalue weighted by molar-refractivity contribution is 5.50. The summed E-state index contributed by atoms with van der Waals surface area (Å²) in [5.74, 6) is 3.27. The molecule has 0 bridgehead atoms. The summed E-state index contributed by atoms with van der Waals surface area (Å²) in [4.78, 5) is 0. The second kappa shape index (κ2) is 10.5. The molecule has 0 saturated carbocycles. The fraction of sp³-hybridized carbons (Fsp3) is 0.538. The zero-order valence-corrected chi connectivity index (χ0v) is 19.8. The standard InChI is InChI=1S/C26H36N2O4/c1-29-23-13-17-9-11-27-21(19(17)15-25(23)31-3)7-5-6-8-22-20-16-26(32-4)24(30-2)14-18(20)10-12-28-22/h13-16,21-22,27-28H,5-12H2,1-4H3/t21-,22-/m1/s1. The molecule has 2 N–H and O–H groups in total. The van der Waals surface area contributed by atoms with Gasteiger partial charge in [-0.25, -0.2) is 0 Å². The predicted octanol–water partition coefficient (Wildman–Crippen LogP) is 4.36. The first kappa shape index (κ1) is 22.7. The molecule has 0 unspecified atom stereocenters. The maximum absolute atomic E-state index is 5.54. The lowest BCUT2D eigenvalue weighted by Crippen LogP contribution is -2.30. The first-order chi connectivity index (χ1) is 15.7. The molecule has 174 valence electrons. The molecular weight excluding hydrogens is 404 g/mol. The Hall–Kier alpha value is -2.44. The third-order valence-corrected chi connectivity index (χ3v) is 6.85. The van der Waals surface area contributed by atoms with Crippen LogP contribution in [0.5, 0.6) is 23.0 Å². The van der Waals surface area contributed by atoms with E-state index in [4.69, 9.17) is 18.9 Å². The van der Waals surface area contributed by atoms with Gasteiger partial charge in [0.25, 0.3) is 0 Å². The fourth-order valence-corrected chi connectivity index (χ4v) is 5.15. The first-order valence-corrected chi connectivity index (χ1v) is 11.6. The lowest BCUT2D eigenvalue weighted by molar-refractivity contribution is 0.350. The largest absolute Gasteiger partial charge is 0.493 e. The average Bonchev–Trinajstić information content (AvgIpc) is 2.84. The van der Waals surface area contributed by atoms with Gasteiger partial charge in [0.2, 0.25) is 0 Å². The molecule has 32 heavy (non-hydrogen) atoms.